The topological polar surface area (TPSA) is 85.6 Å². The molecule has 0 unspecified atom stereocenters. The van der Waals surface area contributed by atoms with Gasteiger partial charge in [-0.3, -0.25) is 0 Å². The second-order valence-electron chi connectivity index (χ2n) is 5.31. The van der Waals surface area contributed by atoms with Crippen LogP contribution in [0, 0.1) is 6.92 Å². The van der Waals surface area contributed by atoms with Crippen LogP contribution in [0.3, 0.4) is 0 Å². The Hall–Kier alpha value is -1.34. The van der Waals surface area contributed by atoms with Gasteiger partial charge in [0.05, 0.1) is 18.4 Å². The fraction of sp³-hybridized carbons (Fsp3) is 0.615. The second kappa shape index (κ2) is 5.97. The van der Waals surface area contributed by atoms with Gasteiger partial charge in [0.1, 0.15) is 17.1 Å². The Balaban J connectivity index is 2.66. The maximum Gasteiger partial charge on any atom is 0.341 e. The van der Waals surface area contributed by atoms with Crippen LogP contribution in [0.4, 0.5) is 0 Å². The lowest BCUT2D eigenvalue weighted by Crippen LogP contribution is -2.41. The molecule has 1 heterocycles. The van der Waals surface area contributed by atoms with Crippen molar-refractivity contribution in [2.24, 2.45) is 0 Å². The van der Waals surface area contributed by atoms with Crippen LogP contribution in [0.2, 0.25) is 0 Å². The monoisotopic (exact) mass is 303 g/mol. The average Bonchev–Trinajstić information content (AvgIpc) is 2.68. The van der Waals surface area contributed by atoms with Gasteiger partial charge in [0.25, 0.3) is 0 Å². The summed E-state index contributed by atoms with van der Waals surface area (Å²) in [6.45, 7) is 5.62. The lowest BCUT2D eigenvalue weighted by Gasteiger charge is -2.22. The van der Waals surface area contributed by atoms with Gasteiger partial charge in [0.2, 0.25) is 0 Å². The molecule has 0 saturated heterocycles. The highest BCUT2D eigenvalue weighted by Gasteiger charge is 2.29. The fourth-order valence-electron chi connectivity index (χ4n) is 1.56. The van der Waals surface area contributed by atoms with Crippen molar-refractivity contribution in [1.29, 1.82) is 0 Å². The highest BCUT2D eigenvalue weighted by Crippen LogP contribution is 2.17. The Labute approximate surface area is 119 Å². The zero-order chi connectivity index (χ0) is 15.6. The first kappa shape index (κ1) is 16.7. The van der Waals surface area contributed by atoms with Gasteiger partial charge in [-0.25, -0.2) is 13.2 Å². The van der Waals surface area contributed by atoms with Crippen molar-refractivity contribution in [3.05, 3.63) is 23.2 Å². The van der Waals surface area contributed by atoms with Crippen LogP contribution in [-0.4, -0.2) is 39.0 Å². The molecule has 0 amide bonds. The molecule has 114 valence electrons. The fourth-order valence-corrected chi connectivity index (χ4v) is 1.93. The molecule has 0 radical (unpaired) electrons. The molecule has 0 fully saturated rings. The van der Waals surface area contributed by atoms with Crippen molar-refractivity contribution in [3.8, 4) is 0 Å². The molecule has 1 aromatic heterocycles. The van der Waals surface area contributed by atoms with Crippen molar-refractivity contribution in [2.45, 2.75) is 32.1 Å². The van der Waals surface area contributed by atoms with Crippen molar-refractivity contribution in [3.63, 3.8) is 0 Å². The predicted molar refractivity (Wildman–Crippen MR) is 75.4 cm³/mol. The van der Waals surface area contributed by atoms with E-state index in [9.17, 15) is 13.2 Å². The van der Waals surface area contributed by atoms with Crippen molar-refractivity contribution < 1.29 is 22.4 Å². The summed E-state index contributed by atoms with van der Waals surface area (Å²) >= 11 is 0. The molecule has 1 rings (SSSR count). The molecule has 20 heavy (non-hydrogen) atoms. The molecule has 0 spiro atoms. The van der Waals surface area contributed by atoms with E-state index >= 15 is 0 Å². The third kappa shape index (κ3) is 3.83. The van der Waals surface area contributed by atoms with Crippen molar-refractivity contribution >= 4 is 15.8 Å². The molecule has 6 nitrogen and oxygen atoms in total. The number of esters is 1. The van der Waals surface area contributed by atoms with Crippen LogP contribution in [0.5, 0.6) is 0 Å². The number of methoxy groups -OCH3 is 1. The maximum absolute atomic E-state index is 11.6. The minimum absolute atomic E-state index is 0.291. The molecule has 7 heteroatoms. The summed E-state index contributed by atoms with van der Waals surface area (Å²) in [4.78, 5) is 11.4. The highest BCUT2D eigenvalue weighted by atomic mass is 32.2. The van der Waals surface area contributed by atoms with Gasteiger partial charge in [-0.15, -0.1) is 0 Å². The zero-order valence-electron chi connectivity index (χ0n) is 12.4. The third-order valence-corrected chi connectivity index (χ3v) is 5.38. The summed E-state index contributed by atoms with van der Waals surface area (Å²) in [7, 11) is -1.84. The summed E-state index contributed by atoms with van der Waals surface area (Å²) in [5.74, 6) is 0.595. The Bertz CT molecular complexity index is 586. The lowest BCUT2D eigenvalue weighted by molar-refractivity contribution is 0.0599. The van der Waals surface area contributed by atoms with E-state index in [1.54, 1.807) is 26.8 Å². The average molecular weight is 303 g/mol. The number of carbonyl (C=O) groups excluding carboxylic acids is 1. The molecule has 0 atom stereocenters. The Morgan fingerprint density at radius 3 is 2.55 bits per heavy atom. The number of furan rings is 1. The zero-order valence-corrected chi connectivity index (χ0v) is 13.3. The van der Waals surface area contributed by atoms with E-state index in [1.165, 1.54) is 13.4 Å². The summed E-state index contributed by atoms with van der Waals surface area (Å²) < 4.78 is 32.3. The molecule has 1 N–H and O–H groups in total. The number of nitrogens with one attached hydrogen (secondary N) is 1. The molecular formula is C13H21NO5S. The standard InChI is InChI=1S/C13H21NO5S/c1-9-11(12(15)18-4)6-10(19-9)7-14-8-13(2,3)20(5,16)17/h6,14H,7-8H2,1-5H3. The van der Waals surface area contributed by atoms with E-state index in [2.05, 4.69) is 10.1 Å². The normalized spacial score (nSPS) is 12.4. The molecule has 0 aliphatic heterocycles. The number of rotatable bonds is 6. The number of ether oxygens (including phenoxy) is 1. The van der Waals surface area contributed by atoms with E-state index in [0.29, 0.717) is 30.2 Å². The Kier molecular flexibility index (Phi) is 4.99. The van der Waals surface area contributed by atoms with Gasteiger partial charge in [-0.05, 0) is 26.8 Å². The van der Waals surface area contributed by atoms with E-state index in [4.69, 9.17) is 4.42 Å². The number of hydrogen-bond donors (Lipinski definition) is 1. The van der Waals surface area contributed by atoms with Crippen molar-refractivity contribution in [2.75, 3.05) is 19.9 Å². The van der Waals surface area contributed by atoms with Gasteiger partial charge in [0.15, 0.2) is 9.84 Å². The van der Waals surface area contributed by atoms with Crippen LogP contribution < -0.4 is 5.32 Å². The van der Waals surface area contributed by atoms with Gasteiger partial charge in [0, 0.05) is 12.8 Å². The highest BCUT2D eigenvalue weighted by molar-refractivity contribution is 7.92. The minimum atomic E-state index is -3.14. The van der Waals surface area contributed by atoms with E-state index in [1.807, 2.05) is 0 Å². The van der Waals surface area contributed by atoms with Gasteiger partial charge in [-0.2, -0.15) is 0 Å². The largest absolute Gasteiger partial charge is 0.465 e. The minimum Gasteiger partial charge on any atom is -0.465 e. The van der Waals surface area contributed by atoms with Crippen molar-refractivity contribution in [1.82, 2.24) is 5.32 Å². The Morgan fingerprint density at radius 1 is 1.45 bits per heavy atom. The summed E-state index contributed by atoms with van der Waals surface area (Å²) in [5.41, 5.74) is 0.381. The third-order valence-electron chi connectivity index (χ3n) is 3.23. The summed E-state index contributed by atoms with van der Waals surface area (Å²) in [6, 6.07) is 1.60. The SMILES string of the molecule is COC(=O)c1cc(CNCC(C)(C)S(C)(=O)=O)oc1C. The van der Waals surface area contributed by atoms with Crippen LogP contribution in [0.15, 0.2) is 10.5 Å². The number of sulfone groups is 1. The molecule has 0 aliphatic rings. The van der Waals surface area contributed by atoms with Crippen LogP contribution in [0.1, 0.15) is 35.7 Å². The first-order valence-electron chi connectivity index (χ1n) is 6.16. The van der Waals surface area contributed by atoms with Gasteiger partial charge in [-0.1, -0.05) is 0 Å². The second-order valence-corrected chi connectivity index (χ2v) is 7.96. The molecule has 0 bridgehead atoms. The van der Waals surface area contributed by atoms with E-state index < -0.39 is 20.6 Å². The number of carbonyl (C=O) groups is 1. The molecular weight excluding hydrogens is 282 g/mol. The quantitative estimate of drug-likeness (QED) is 0.797. The smallest absolute Gasteiger partial charge is 0.341 e. The van der Waals surface area contributed by atoms with E-state index in [-0.39, 0.29) is 0 Å². The number of hydrogen-bond acceptors (Lipinski definition) is 6. The van der Waals surface area contributed by atoms with Crippen LogP contribution >= 0.6 is 0 Å². The van der Waals surface area contributed by atoms with Gasteiger partial charge < -0.3 is 14.5 Å². The number of aryl methyl sites for hydroxylation is 1. The van der Waals surface area contributed by atoms with Crippen LogP contribution in [0.25, 0.3) is 0 Å². The molecule has 0 saturated carbocycles. The maximum atomic E-state index is 11.6. The predicted octanol–water partition coefficient (Wildman–Crippen LogP) is 1.29. The molecule has 0 aromatic carbocycles. The van der Waals surface area contributed by atoms with Crippen LogP contribution in [-0.2, 0) is 21.1 Å². The summed E-state index contributed by atoms with van der Waals surface area (Å²) in [5, 5.41) is 3.02. The first-order chi connectivity index (χ1) is 9.08. The van der Waals surface area contributed by atoms with E-state index in [0.717, 1.165) is 0 Å². The van der Waals surface area contributed by atoms with Gasteiger partial charge >= 0.3 is 5.97 Å². The lowest BCUT2D eigenvalue weighted by atomic mass is 10.2. The first-order valence-corrected chi connectivity index (χ1v) is 8.05. The molecule has 0 aliphatic carbocycles. The summed E-state index contributed by atoms with van der Waals surface area (Å²) in [6.07, 6.45) is 1.21. The molecule has 1 aromatic rings. The Morgan fingerprint density at radius 2 is 2.05 bits per heavy atom.